The zero-order chi connectivity index (χ0) is 19.5. The molecule has 0 aliphatic rings. The van der Waals surface area contributed by atoms with Crippen LogP contribution in [0.25, 0.3) is 23.0 Å². The van der Waals surface area contributed by atoms with Crippen LogP contribution in [0.4, 0.5) is 5.69 Å². The van der Waals surface area contributed by atoms with Gasteiger partial charge in [-0.3, -0.25) is 4.79 Å². The molecule has 0 saturated carbocycles. The van der Waals surface area contributed by atoms with Crippen molar-refractivity contribution in [3.63, 3.8) is 0 Å². The number of carbonyl (C=O) groups excluding carboxylic acids is 1. The number of amides is 1. The third-order valence-electron chi connectivity index (χ3n) is 4.12. The normalized spacial score (nSPS) is 10.8. The molecule has 0 saturated heterocycles. The number of carbonyl (C=O) groups is 1. The van der Waals surface area contributed by atoms with Gasteiger partial charge in [0.25, 0.3) is 5.89 Å². The summed E-state index contributed by atoms with van der Waals surface area (Å²) in [5, 5.41) is 6.85. The maximum absolute atomic E-state index is 12.2. The third kappa shape index (κ3) is 4.01. The molecule has 0 bridgehead atoms. The molecule has 1 N–H and O–H groups in total. The van der Waals surface area contributed by atoms with E-state index < -0.39 is 0 Å². The second kappa shape index (κ2) is 7.77. The number of anilines is 1. The average Bonchev–Trinajstić information content (AvgIpc) is 3.33. The van der Waals surface area contributed by atoms with E-state index in [1.807, 2.05) is 55.5 Å². The number of rotatable bonds is 5. The first-order valence-corrected chi connectivity index (χ1v) is 9.35. The number of hydrogen-bond donors (Lipinski definition) is 1. The van der Waals surface area contributed by atoms with Gasteiger partial charge < -0.3 is 14.4 Å². The number of nitrogens with zero attached hydrogens (tertiary/aromatic N) is 4. The van der Waals surface area contributed by atoms with Crippen molar-refractivity contribution in [2.75, 3.05) is 5.32 Å². The summed E-state index contributed by atoms with van der Waals surface area (Å²) in [5.74, 6) is 0.668. The van der Waals surface area contributed by atoms with Gasteiger partial charge in [-0.15, -0.1) is 0 Å². The summed E-state index contributed by atoms with van der Waals surface area (Å²) >= 11 is 3.37. The highest BCUT2D eigenvalue weighted by atomic mass is 79.9. The molecule has 4 rings (SSSR count). The van der Waals surface area contributed by atoms with Gasteiger partial charge in [0.1, 0.15) is 12.2 Å². The molecule has 140 valence electrons. The molecule has 0 aliphatic carbocycles. The standard InChI is InChI=1S/C20H16BrN5O2/c1-13-4-2-3-5-16(13)20-24-19(25-28-20)17-10-26(12-22-17)11-18(27)23-15-8-6-14(21)7-9-15/h2-10,12H,11H2,1H3,(H,23,27). The monoisotopic (exact) mass is 437 g/mol. The van der Waals surface area contributed by atoms with E-state index in [2.05, 4.69) is 36.4 Å². The van der Waals surface area contributed by atoms with Crippen molar-refractivity contribution in [1.29, 1.82) is 0 Å². The first-order valence-electron chi connectivity index (χ1n) is 8.56. The fourth-order valence-corrected chi connectivity index (χ4v) is 2.98. The summed E-state index contributed by atoms with van der Waals surface area (Å²) in [6, 6.07) is 15.2. The van der Waals surface area contributed by atoms with Gasteiger partial charge in [0.2, 0.25) is 11.7 Å². The summed E-state index contributed by atoms with van der Waals surface area (Å²) in [7, 11) is 0. The molecule has 2 aromatic carbocycles. The lowest BCUT2D eigenvalue weighted by Gasteiger charge is -2.05. The zero-order valence-electron chi connectivity index (χ0n) is 15.0. The first kappa shape index (κ1) is 18.1. The Hall–Kier alpha value is -3.26. The lowest BCUT2D eigenvalue weighted by atomic mass is 10.1. The third-order valence-corrected chi connectivity index (χ3v) is 4.65. The highest BCUT2D eigenvalue weighted by Crippen LogP contribution is 2.24. The molecule has 2 aromatic heterocycles. The molecule has 4 aromatic rings. The Kier molecular flexibility index (Phi) is 5.03. The van der Waals surface area contributed by atoms with Crippen LogP contribution in [-0.4, -0.2) is 25.6 Å². The van der Waals surface area contributed by atoms with Crippen LogP contribution in [0.5, 0.6) is 0 Å². The van der Waals surface area contributed by atoms with E-state index in [-0.39, 0.29) is 12.5 Å². The van der Waals surface area contributed by atoms with Crippen molar-refractivity contribution in [1.82, 2.24) is 19.7 Å². The molecule has 1 amide bonds. The van der Waals surface area contributed by atoms with Crippen molar-refractivity contribution in [3.05, 3.63) is 71.1 Å². The molecular formula is C20H16BrN5O2. The number of benzene rings is 2. The number of imidazole rings is 1. The van der Waals surface area contributed by atoms with Gasteiger partial charge in [-0.25, -0.2) is 4.98 Å². The summed E-state index contributed by atoms with van der Waals surface area (Å²) in [5.41, 5.74) is 3.21. The van der Waals surface area contributed by atoms with E-state index in [9.17, 15) is 4.79 Å². The van der Waals surface area contributed by atoms with Crippen LogP contribution < -0.4 is 5.32 Å². The predicted molar refractivity (Wildman–Crippen MR) is 108 cm³/mol. The van der Waals surface area contributed by atoms with E-state index >= 15 is 0 Å². The minimum atomic E-state index is -0.153. The molecule has 0 radical (unpaired) electrons. The fraction of sp³-hybridized carbons (Fsp3) is 0.100. The SMILES string of the molecule is Cc1ccccc1-c1nc(-c2cn(CC(=O)Nc3ccc(Br)cc3)cn2)no1. The highest BCUT2D eigenvalue weighted by Gasteiger charge is 2.14. The first-order chi connectivity index (χ1) is 13.6. The second-order valence-electron chi connectivity index (χ2n) is 6.22. The Morgan fingerprint density at radius 2 is 1.96 bits per heavy atom. The Bertz CT molecular complexity index is 1120. The number of aryl methyl sites for hydroxylation is 1. The minimum Gasteiger partial charge on any atom is -0.334 e. The Morgan fingerprint density at radius 1 is 1.18 bits per heavy atom. The molecule has 7 nitrogen and oxygen atoms in total. The van der Waals surface area contributed by atoms with Crippen molar-refractivity contribution >= 4 is 27.5 Å². The van der Waals surface area contributed by atoms with Crippen LogP contribution >= 0.6 is 15.9 Å². The molecule has 0 aliphatic heterocycles. The van der Waals surface area contributed by atoms with E-state index in [0.29, 0.717) is 17.4 Å². The quantitative estimate of drug-likeness (QED) is 0.502. The molecule has 8 heteroatoms. The smallest absolute Gasteiger partial charge is 0.258 e. The Labute approximate surface area is 169 Å². The largest absolute Gasteiger partial charge is 0.334 e. The minimum absolute atomic E-state index is 0.131. The zero-order valence-corrected chi connectivity index (χ0v) is 16.5. The topological polar surface area (TPSA) is 85.8 Å². The molecule has 0 atom stereocenters. The predicted octanol–water partition coefficient (Wildman–Crippen LogP) is 4.31. The van der Waals surface area contributed by atoms with Crippen LogP contribution in [0.1, 0.15) is 5.56 Å². The maximum Gasteiger partial charge on any atom is 0.258 e. The molecule has 28 heavy (non-hydrogen) atoms. The molecular weight excluding hydrogens is 422 g/mol. The average molecular weight is 438 g/mol. The van der Waals surface area contributed by atoms with Crippen LogP contribution in [0.3, 0.4) is 0 Å². The fourth-order valence-electron chi connectivity index (χ4n) is 2.71. The molecule has 0 fully saturated rings. The van der Waals surface area contributed by atoms with Crippen molar-refractivity contribution in [2.24, 2.45) is 0 Å². The summed E-state index contributed by atoms with van der Waals surface area (Å²) in [4.78, 5) is 20.9. The lowest BCUT2D eigenvalue weighted by Crippen LogP contribution is -2.17. The van der Waals surface area contributed by atoms with Crippen molar-refractivity contribution < 1.29 is 9.32 Å². The van der Waals surface area contributed by atoms with Gasteiger partial charge in [-0.05, 0) is 42.8 Å². The Morgan fingerprint density at radius 3 is 2.75 bits per heavy atom. The summed E-state index contributed by atoms with van der Waals surface area (Å²) in [6.07, 6.45) is 3.29. The second-order valence-corrected chi connectivity index (χ2v) is 7.14. The molecule has 0 unspecified atom stereocenters. The van der Waals surface area contributed by atoms with E-state index in [0.717, 1.165) is 21.3 Å². The number of halogens is 1. The lowest BCUT2D eigenvalue weighted by molar-refractivity contribution is -0.116. The number of nitrogens with one attached hydrogen (secondary N) is 1. The van der Waals surface area contributed by atoms with E-state index in [4.69, 9.17) is 4.52 Å². The van der Waals surface area contributed by atoms with Crippen molar-refractivity contribution in [2.45, 2.75) is 13.5 Å². The van der Waals surface area contributed by atoms with Crippen LogP contribution in [0.2, 0.25) is 0 Å². The van der Waals surface area contributed by atoms with Gasteiger partial charge in [0, 0.05) is 21.9 Å². The number of hydrogen-bond acceptors (Lipinski definition) is 5. The maximum atomic E-state index is 12.2. The van der Waals surface area contributed by atoms with Gasteiger partial charge in [-0.1, -0.05) is 39.3 Å². The van der Waals surface area contributed by atoms with E-state index in [1.165, 1.54) is 0 Å². The van der Waals surface area contributed by atoms with Gasteiger partial charge in [-0.2, -0.15) is 4.98 Å². The van der Waals surface area contributed by atoms with Crippen LogP contribution in [0.15, 0.2) is 70.1 Å². The molecule has 2 heterocycles. The van der Waals surface area contributed by atoms with Gasteiger partial charge >= 0.3 is 0 Å². The Balaban J connectivity index is 1.45. The highest BCUT2D eigenvalue weighted by molar-refractivity contribution is 9.10. The van der Waals surface area contributed by atoms with Gasteiger partial charge in [0.15, 0.2) is 0 Å². The summed E-state index contributed by atoms with van der Waals surface area (Å²) < 4.78 is 8.00. The summed E-state index contributed by atoms with van der Waals surface area (Å²) in [6.45, 7) is 2.11. The van der Waals surface area contributed by atoms with Crippen LogP contribution in [0, 0.1) is 6.92 Å². The molecule has 0 spiro atoms. The van der Waals surface area contributed by atoms with Gasteiger partial charge in [0.05, 0.1) is 6.33 Å². The van der Waals surface area contributed by atoms with Crippen molar-refractivity contribution in [3.8, 4) is 23.0 Å². The van der Waals surface area contributed by atoms with E-state index in [1.54, 1.807) is 17.1 Å². The van der Waals surface area contributed by atoms with Crippen LogP contribution in [-0.2, 0) is 11.3 Å². The number of aromatic nitrogens is 4.